The zero-order valence-corrected chi connectivity index (χ0v) is 17.2. The molecule has 1 heterocycles. The number of nitrogens with two attached hydrogens (primary N) is 1. The number of rotatable bonds is 8. The van der Waals surface area contributed by atoms with Gasteiger partial charge in [-0.3, -0.25) is 9.48 Å². The molecule has 0 aromatic carbocycles. The minimum Gasteiger partial charge on any atom is -0.469 e. The Balaban J connectivity index is 0.000000660. The van der Waals surface area contributed by atoms with Gasteiger partial charge < -0.3 is 24.3 Å². The standard InChI is InChI=1S/C11H19N2O4P.C5H11NO2/c1-4-16-18(17-5-2)10-8-12-13(9-10)7-6-11(14)15-3;1-5(2,3)8-4(6)7/h8-9H,4-7H2,1-3H3;1-3H3,(H2,6,7). The van der Waals surface area contributed by atoms with E-state index in [2.05, 4.69) is 14.6 Å². The fourth-order valence-corrected chi connectivity index (χ4v) is 2.81. The highest BCUT2D eigenvalue weighted by molar-refractivity contribution is 7.55. The number of aromatic nitrogens is 2. The van der Waals surface area contributed by atoms with Gasteiger partial charge in [0.1, 0.15) is 5.60 Å². The second kappa shape index (κ2) is 12.6. The quantitative estimate of drug-likeness (QED) is 0.534. The number of amides is 1. The van der Waals surface area contributed by atoms with Crippen molar-refractivity contribution in [1.29, 1.82) is 0 Å². The number of aryl methyl sites for hydroxylation is 1. The lowest BCUT2D eigenvalue weighted by Crippen LogP contribution is -2.27. The fourth-order valence-electron chi connectivity index (χ4n) is 1.60. The van der Waals surface area contributed by atoms with Crippen molar-refractivity contribution >= 4 is 25.7 Å². The maximum Gasteiger partial charge on any atom is 0.405 e. The number of nitrogens with zero attached hydrogens (tertiary/aromatic N) is 2. The molecule has 0 aliphatic carbocycles. The van der Waals surface area contributed by atoms with E-state index < -0.39 is 20.1 Å². The summed E-state index contributed by atoms with van der Waals surface area (Å²) in [7, 11) is 0.311. The molecular weight excluding hydrogens is 361 g/mol. The molecule has 0 unspecified atom stereocenters. The van der Waals surface area contributed by atoms with Crippen LogP contribution in [0, 0.1) is 0 Å². The van der Waals surface area contributed by atoms with E-state index in [4.69, 9.17) is 14.8 Å². The summed E-state index contributed by atoms with van der Waals surface area (Å²) in [6.45, 7) is 10.8. The van der Waals surface area contributed by atoms with E-state index in [1.807, 2.05) is 20.0 Å². The van der Waals surface area contributed by atoms with Gasteiger partial charge in [-0.1, -0.05) is 0 Å². The zero-order chi connectivity index (χ0) is 20.2. The first-order valence-corrected chi connectivity index (χ1v) is 9.44. The average Bonchev–Trinajstić information content (AvgIpc) is 2.99. The average molecular weight is 391 g/mol. The number of hydrogen-bond donors (Lipinski definition) is 1. The van der Waals surface area contributed by atoms with Crippen molar-refractivity contribution in [2.75, 3.05) is 20.3 Å². The van der Waals surface area contributed by atoms with Gasteiger partial charge in [0.25, 0.3) is 0 Å². The number of esters is 1. The van der Waals surface area contributed by atoms with Gasteiger partial charge in [-0.05, 0) is 34.6 Å². The van der Waals surface area contributed by atoms with E-state index in [1.54, 1.807) is 31.6 Å². The van der Waals surface area contributed by atoms with Crippen LogP contribution in [0.4, 0.5) is 4.79 Å². The molecule has 0 atom stereocenters. The largest absolute Gasteiger partial charge is 0.469 e. The highest BCUT2D eigenvalue weighted by atomic mass is 31.2. The number of methoxy groups -OCH3 is 1. The molecule has 0 aliphatic heterocycles. The molecule has 0 aliphatic rings. The molecule has 150 valence electrons. The Hall–Kier alpha value is -1.70. The lowest BCUT2D eigenvalue weighted by molar-refractivity contribution is -0.140. The summed E-state index contributed by atoms with van der Waals surface area (Å²) < 4.78 is 21.9. The van der Waals surface area contributed by atoms with Crippen molar-refractivity contribution < 1.29 is 28.1 Å². The molecule has 1 amide bonds. The first-order chi connectivity index (χ1) is 12.1. The smallest absolute Gasteiger partial charge is 0.405 e. The van der Waals surface area contributed by atoms with E-state index in [-0.39, 0.29) is 5.97 Å². The number of carbonyl (C=O) groups is 2. The second-order valence-electron chi connectivity index (χ2n) is 5.91. The Morgan fingerprint density at radius 1 is 1.23 bits per heavy atom. The zero-order valence-electron chi connectivity index (χ0n) is 16.4. The van der Waals surface area contributed by atoms with Crippen LogP contribution in [-0.2, 0) is 29.9 Å². The number of ether oxygens (including phenoxy) is 2. The fraction of sp³-hybridized carbons (Fsp3) is 0.688. The van der Waals surface area contributed by atoms with Crippen LogP contribution in [0.5, 0.6) is 0 Å². The monoisotopic (exact) mass is 391 g/mol. The van der Waals surface area contributed by atoms with Gasteiger partial charge >= 0.3 is 12.1 Å². The maximum atomic E-state index is 11.0. The maximum absolute atomic E-state index is 11.0. The number of hydrogen-bond acceptors (Lipinski definition) is 7. The van der Waals surface area contributed by atoms with Gasteiger partial charge in [-0.2, -0.15) is 5.10 Å². The molecule has 1 aromatic rings. The Bertz CT molecular complexity index is 538. The van der Waals surface area contributed by atoms with Crippen LogP contribution >= 0.6 is 8.38 Å². The van der Waals surface area contributed by atoms with Crippen LogP contribution in [0.25, 0.3) is 0 Å². The van der Waals surface area contributed by atoms with E-state index in [0.29, 0.717) is 26.2 Å². The van der Waals surface area contributed by atoms with Crippen LogP contribution in [0.15, 0.2) is 12.4 Å². The van der Waals surface area contributed by atoms with Gasteiger partial charge in [0.2, 0.25) is 8.38 Å². The van der Waals surface area contributed by atoms with E-state index in [9.17, 15) is 9.59 Å². The molecule has 0 fully saturated rings. The normalized spacial score (nSPS) is 10.9. The van der Waals surface area contributed by atoms with Crippen molar-refractivity contribution in [1.82, 2.24) is 9.78 Å². The summed E-state index contributed by atoms with van der Waals surface area (Å²) in [5.74, 6) is -0.246. The van der Waals surface area contributed by atoms with Gasteiger partial charge in [0.15, 0.2) is 0 Å². The number of carbonyl (C=O) groups excluding carboxylic acids is 2. The minimum absolute atomic E-state index is 0.246. The Morgan fingerprint density at radius 2 is 1.81 bits per heavy atom. The second-order valence-corrected chi connectivity index (χ2v) is 7.46. The summed E-state index contributed by atoms with van der Waals surface area (Å²) in [5.41, 5.74) is 4.26. The van der Waals surface area contributed by atoms with Crippen LogP contribution < -0.4 is 11.0 Å². The molecule has 2 N–H and O–H groups in total. The summed E-state index contributed by atoms with van der Waals surface area (Å²) in [4.78, 5) is 21.0. The Morgan fingerprint density at radius 3 is 2.19 bits per heavy atom. The third-order valence-electron chi connectivity index (χ3n) is 2.50. The highest BCUT2D eigenvalue weighted by Gasteiger charge is 2.15. The molecule has 1 aromatic heterocycles. The van der Waals surface area contributed by atoms with Crippen LogP contribution in [-0.4, -0.2) is 47.8 Å². The van der Waals surface area contributed by atoms with Crippen molar-refractivity contribution in [3.8, 4) is 0 Å². The van der Waals surface area contributed by atoms with Crippen LogP contribution in [0.1, 0.15) is 41.0 Å². The first kappa shape index (κ1) is 24.3. The van der Waals surface area contributed by atoms with Gasteiger partial charge in [-0.15, -0.1) is 0 Å². The molecular formula is C16H30N3O6P. The molecule has 0 radical (unpaired) electrons. The highest BCUT2D eigenvalue weighted by Crippen LogP contribution is 2.36. The van der Waals surface area contributed by atoms with Crippen molar-refractivity contribution in [2.45, 2.75) is 53.2 Å². The Kier molecular flexibility index (Phi) is 11.8. The lowest BCUT2D eigenvalue weighted by atomic mass is 10.2. The predicted octanol–water partition coefficient (Wildman–Crippen LogP) is 2.34. The summed E-state index contributed by atoms with van der Waals surface area (Å²) >= 11 is 0. The molecule has 1 rings (SSSR count). The van der Waals surface area contributed by atoms with Crippen molar-refractivity contribution in [2.24, 2.45) is 5.73 Å². The van der Waals surface area contributed by atoms with Crippen molar-refractivity contribution in [3.63, 3.8) is 0 Å². The third kappa shape index (κ3) is 11.8. The molecule has 9 nitrogen and oxygen atoms in total. The molecule has 0 saturated carbocycles. The summed E-state index contributed by atoms with van der Waals surface area (Å²) in [6, 6.07) is 0. The van der Waals surface area contributed by atoms with Gasteiger partial charge in [0, 0.05) is 6.20 Å². The van der Waals surface area contributed by atoms with E-state index in [1.165, 1.54) is 7.11 Å². The number of primary amides is 1. The van der Waals surface area contributed by atoms with Gasteiger partial charge in [-0.25, -0.2) is 4.79 Å². The minimum atomic E-state index is -1.06. The first-order valence-electron chi connectivity index (χ1n) is 8.26. The van der Waals surface area contributed by atoms with Gasteiger partial charge in [0.05, 0.1) is 44.8 Å². The Labute approximate surface area is 156 Å². The molecule has 26 heavy (non-hydrogen) atoms. The van der Waals surface area contributed by atoms with E-state index in [0.717, 1.165) is 5.30 Å². The molecule has 0 spiro atoms. The topological polar surface area (TPSA) is 115 Å². The van der Waals surface area contributed by atoms with Crippen LogP contribution in [0.2, 0.25) is 0 Å². The molecule has 0 saturated heterocycles. The van der Waals surface area contributed by atoms with Crippen LogP contribution in [0.3, 0.4) is 0 Å². The SMILES string of the molecule is CC(C)(C)OC(N)=O.CCOP(OCC)c1cnn(CCC(=O)OC)c1. The third-order valence-corrected chi connectivity index (χ3v) is 4.14. The lowest BCUT2D eigenvalue weighted by Gasteiger charge is -2.16. The molecule has 0 bridgehead atoms. The van der Waals surface area contributed by atoms with Crippen molar-refractivity contribution in [3.05, 3.63) is 12.4 Å². The summed E-state index contributed by atoms with van der Waals surface area (Å²) in [6.07, 6.45) is 3.14. The molecule has 10 heteroatoms. The predicted molar refractivity (Wildman–Crippen MR) is 99.1 cm³/mol. The summed E-state index contributed by atoms with van der Waals surface area (Å²) in [5, 5.41) is 5.09. The van der Waals surface area contributed by atoms with E-state index >= 15 is 0 Å².